The topological polar surface area (TPSA) is 15.7 Å². The van der Waals surface area contributed by atoms with Crippen molar-refractivity contribution in [1.82, 2.24) is 9.80 Å². The third-order valence-corrected chi connectivity index (χ3v) is 4.92. The Kier molecular flexibility index (Phi) is 3.79. The van der Waals surface area contributed by atoms with Crippen molar-refractivity contribution in [3.63, 3.8) is 0 Å². The lowest BCUT2D eigenvalue weighted by Gasteiger charge is -2.38. The second-order valence-corrected chi connectivity index (χ2v) is 6.45. The maximum Gasteiger partial charge on any atom is 0.132 e. The Hall–Kier alpha value is -1.91. The van der Waals surface area contributed by atoms with Gasteiger partial charge in [-0.15, -0.1) is 0 Å². The maximum atomic E-state index is 13.9. The van der Waals surface area contributed by atoms with E-state index < -0.39 is 0 Å². The molecule has 2 aromatic carbocycles. The van der Waals surface area contributed by atoms with E-state index in [0.29, 0.717) is 0 Å². The van der Waals surface area contributed by atoms with Crippen LogP contribution in [-0.2, 0) is 6.42 Å². The largest absolute Gasteiger partial charge is 0.457 e. The highest BCUT2D eigenvalue weighted by molar-refractivity contribution is 5.47. The Labute approximate surface area is 136 Å². The molecule has 0 spiro atoms. The molecule has 4 heteroatoms. The smallest absolute Gasteiger partial charge is 0.132 e. The Morgan fingerprint density at radius 2 is 1.78 bits per heavy atom. The summed E-state index contributed by atoms with van der Waals surface area (Å²) in [5.41, 5.74) is 2.15. The van der Waals surface area contributed by atoms with Crippen molar-refractivity contribution in [2.45, 2.75) is 12.5 Å². The van der Waals surface area contributed by atoms with E-state index in [-0.39, 0.29) is 11.9 Å². The standard InChI is InChI=1S/C19H21FN2O/c1-21-8-10-22(11-9-21)17-12-14-4-2-3-5-18(14)23-19-7-6-15(20)13-16(17)19/h2-7,13,17H,8-12H2,1H3. The van der Waals surface area contributed by atoms with E-state index in [0.717, 1.165) is 49.7 Å². The van der Waals surface area contributed by atoms with Gasteiger partial charge in [0.05, 0.1) is 0 Å². The van der Waals surface area contributed by atoms with Crippen molar-refractivity contribution in [2.24, 2.45) is 0 Å². The van der Waals surface area contributed by atoms with E-state index in [1.54, 1.807) is 12.1 Å². The van der Waals surface area contributed by atoms with Crippen LogP contribution in [0.25, 0.3) is 0 Å². The molecule has 2 aliphatic rings. The number of piperazine rings is 1. The molecule has 23 heavy (non-hydrogen) atoms. The molecule has 0 radical (unpaired) electrons. The van der Waals surface area contributed by atoms with Gasteiger partial charge in [0.1, 0.15) is 17.3 Å². The number of rotatable bonds is 1. The Balaban J connectivity index is 1.76. The zero-order valence-electron chi connectivity index (χ0n) is 13.3. The van der Waals surface area contributed by atoms with Crippen LogP contribution >= 0.6 is 0 Å². The third-order valence-electron chi connectivity index (χ3n) is 4.92. The van der Waals surface area contributed by atoms with E-state index in [4.69, 9.17) is 4.74 Å². The fourth-order valence-corrected chi connectivity index (χ4v) is 3.54. The highest BCUT2D eigenvalue weighted by atomic mass is 19.1. The van der Waals surface area contributed by atoms with Crippen LogP contribution in [0.5, 0.6) is 11.5 Å². The van der Waals surface area contributed by atoms with Crippen LogP contribution in [0.4, 0.5) is 4.39 Å². The molecule has 1 unspecified atom stereocenters. The number of likely N-dealkylation sites (N-methyl/N-ethyl adjacent to an activating group) is 1. The van der Waals surface area contributed by atoms with Crippen LogP contribution in [0.2, 0.25) is 0 Å². The second-order valence-electron chi connectivity index (χ2n) is 6.45. The summed E-state index contributed by atoms with van der Waals surface area (Å²) >= 11 is 0. The molecule has 0 amide bonds. The van der Waals surface area contributed by atoms with Crippen molar-refractivity contribution >= 4 is 0 Å². The van der Waals surface area contributed by atoms with Crippen molar-refractivity contribution in [3.8, 4) is 11.5 Å². The molecule has 0 bridgehead atoms. The molecule has 4 rings (SSSR count). The zero-order valence-corrected chi connectivity index (χ0v) is 13.3. The first-order valence-electron chi connectivity index (χ1n) is 8.18. The third kappa shape index (κ3) is 2.84. The number of para-hydroxylation sites is 1. The number of hydrogen-bond donors (Lipinski definition) is 0. The molecule has 2 aromatic rings. The van der Waals surface area contributed by atoms with Gasteiger partial charge in [0.25, 0.3) is 0 Å². The Morgan fingerprint density at radius 3 is 2.61 bits per heavy atom. The summed E-state index contributed by atoms with van der Waals surface area (Å²) in [7, 11) is 2.15. The fraction of sp³-hybridized carbons (Fsp3) is 0.368. The van der Waals surface area contributed by atoms with Crippen LogP contribution in [0.1, 0.15) is 17.2 Å². The SMILES string of the molecule is CN1CCN(C2Cc3ccccc3Oc3ccc(F)cc32)CC1. The van der Waals surface area contributed by atoms with Crippen molar-refractivity contribution in [3.05, 3.63) is 59.4 Å². The van der Waals surface area contributed by atoms with Gasteiger partial charge >= 0.3 is 0 Å². The van der Waals surface area contributed by atoms with Gasteiger partial charge in [-0.25, -0.2) is 4.39 Å². The molecule has 1 atom stereocenters. The fourth-order valence-electron chi connectivity index (χ4n) is 3.54. The summed E-state index contributed by atoms with van der Waals surface area (Å²) in [5, 5.41) is 0. The monoisotopic (exact) mass is 312 g/mol. The minimum atomic E-state index is -0.197. The molecule has 0 N–H and O–H groups in total. The zero-order chi connectivity index (χ0) is 15.8. The first-order valence-corrected chi connectivity index (χ1v) is 8.18. The van der Waals surface area contributed by atoms with Crippen LogP contribution < -0.4 is 4.74 Å². The van der Waals surface area contributed by atoms with Crippen molar-refractivity contribution in [1.29, 1.82) is 0 Å². The van der Waals surface area contributed by atoms with E-state index in [9.17, 15) is 4.39 Å². The lowest BCUT2D eigenvalue weighted by molar-refractivity contribution is 0.111. The van der Waals surface area contributed by atoms with Crippen molar-refractivity contribution in [2.75, 3.05) is 33.2 Å². The van der Waals surface area contributed by atoms with E-state index in [1.807, 2.05) is 18.2 Å². The van der Waals surface area contributed by atoms with Gasteiger partial charge in [0.2, 0.25) is 0 Å². The van der Waals surface area contributed by atoms with Gasteiger partial charge in [0, 0.05) is 37.8 Å². The van der Waals surface area contributed by atoms with Crippen LogP contribution in [-0.4, -0.2) is 43.0 Å². The molecule has 3 nitrogen and oxygen atoms in total. The van der Waals surface area contributed by atoms with E-state index in [1.165, 1.54) is 11.6 Å². The van der Waals surface area contributed by atoms with Gasteiger partial charge in [-0.1, -0.05) is 18.2 Å². The number of nitrogens with zero attached hydrogens (tertiary/aromatic N) is 2. The van der Waals surface area contributed by atoms with E-state index >= 15 is 0 Å². The van der Waals surface area contributed by atoms with Crippen molar-refractivity contribution < 1.29 is 9.13 Å². The van der Waals surface area contributed by atoms with Gasteiger partial charge in [-0.05, 0) is 43.3 Å². The maximum absolute atomic E-state index is 13.9. The molecule has 0 aromatic heterocycles. The molecule has 1 fully saturated rings. The van der Waals surface area contributed by atoms with Gasteiger partial charge in [0.15, 0.2) is 0 Å². The molecule has 0 aliphatic carbocycles. The number of benzene rings is 2. The lowest BCUT2D eigenvalue weighted by atomic mass is 9.96. The minimum absolute atomic E-state index is 0.165. The van der Waals surface area contributed by atoms with Gasteiger partial charge in [-0.2, -0.15) is 0 Å². The van der Waals surface area contributed by atoms with Crippen LogP contribution in [0, 0.1) is 5.82 Å². The van der Waals surface area contributed by atoms with Gasteiger partial charge < -0.3 is 9.64 Å². The number of hydrogen-bond acceptors (Lipinski definition) is 3. The highest BCUT2D eigenvalue weighted by Gasteiger charge is 2.30. The molecular weight excluding hydrogens is 291 g/mol. The summed E-state index contributed by atoms with van der Waals surface area (Å²) in [4.78, 5) is 4.80. The first kappa shape index (κ1) is 14.7. The highest BCUT2D eigenvalue weighted by Crippen LogP contribution is 2.41. The number of fused-ring (bicyclic) bond motifs is 2. The normalized spacial score (nSPS) is 21.9. The van der Waals surface area contributed by atoms with Crippen LogP contribution in [0.3, 0.4) is 0 Å². The second kappa shape index (κ2) is 5.95. The molecule has 1 saturated heterocycles. The number of ether oxygens (including phenoxy) is 1. The molecule has 2 heterocycles. The summed E-state index contributed by atoms with van der Waals surface area (Å²) in [6.45, 7) is 4.09. The molecule has 2 aliphatic heterocycles. The molecule has 0 saturated carbocycles. The number of halogens is 1. The van der Waals surface area contributed by atoms with E-state index in [2.05, 4.69) is 22.9 Å². The first-order chi connectivity index (χ1) is 11.2. The Morgan fingerprint density at radius 1 is 1.00 bits per heavy atom. The molecule has 120 valence electrons. The summed E-state index contributed by atoms with van der Waals surface area (Å²) in [6, 6.07) is 13.2. The average Bonchev–Trinajstić information content (AvgIpc) is 2.72. The Bertz CT molecular complexity index is 710. The average molecular weight is 312 g/mol. The lowest BCUT2D eigenvalue weighted by Crippen LogP contribution is -2.46. The quantitative estimate of drug-likeness (QED) is 0.802. The summed E-state index contributed by atoms with van der Waals surface area (Å²) in [5.74, 6) is 1.47. The van der Waals surface area contributed by atoms with Crippen LogP contribution in [0.15, 0.2) is 42.5 Å². The summed E-state index contributed by atoms with van der Waals surface area (Å²) < 4.78 is 20.0. The van der Waals surface area contributed by atoms with Gasteiger partial charge in [-0.3, -0.25) is 4.90 Å². The summed E-state index contributed by atoms with van der Waals surface area (Å²) in [6.07, 6.45) is 0.857. The molecular formula is C19H21FN2O. The predicted octanol–water partition coefficient (Wildman–Crippen LogP) is 3.46. The minimum Gasteiger partial charge on any atom is -0.457 e. The predicted molar refractivity (Wildman–Crippen MR) is 88.4 cm³/mol.